The van der Waals surface area contributed by atoms with Gasteiger partial charge in [0.15, 0.2) is 0 Å². The fourth-order valence-corrected chi connectivity index (χ4v) is 3.83. The number of nitrogens with one attached hydrogen (secondary N) is 1. The molecule has 0 spiro atoms. The van der Waals surface area contributed by atoms with E-state index in [1.54, 1.807) is 18.3 Å². The molecule has 0 aliphatic carbocycles. The standard InChI is InChI=1S/C25H23ClN6/c1-16-5-7-19(21(26)10-16)25-20(22-11-17(2)13-29-22)15-31-24(32-25)4-3-9-28-23-8-6-18(12-27)14-30-23/h5-8,10,13-15H,3-4,9,11H2,1-2H3,(H,28,30). The van der Waals surface area contributed by atoms with E-state index in [1.807, 2.05) is 37.5 Å². The van der Waals surface area contributed by atoms with E-state index in [0.717, 1.165) is 59.1 Å². The maximum absolute atomic E-state index is 8.86. The number of halogens is 1. The summed E-state index contributed by atoms with van der Waals surface area (Å²) in [7, 11) is 0. The van der Waals surface area contributed by atoms with Crippen molar-refractivity contribution in [3.8, 4) is 17.3 Å². The molecular weight excluding hydrogens is 420 g/mol. The lowest BCUT2D eigenvalue weighted by Crippen LogP contribution is -2.09. The van der Waals surface area contributed by atoms with Crippen LogP contribution in [0.25, 0.3) is 11.3 Å². The summed E-state index contributed by atoms with van der Waals surface area (Å²) >= 11 is 6.59. The monoisotopic (exact) mass is 442 g/mol. The minimum atomic E-state index is 0.545. The molecule has 1 N–H and O–H groups in total. The summed E-state index contributed by atoms with van der Waals surface area (Å²) in [6.45, 7) is 4.81. The average molecular weight is 443 g/mol. The zero-order valence-corrected chi connectivity index (χ0v) is 18.8. The van der Waals surface area contributed by atoms with Gasteiger partial charge in [0.2, 0.25) is 0 Å². The molecule has 7 heteroatoms. The van der Waals surface area contributed by atoms with Gasteiger partial charge in [-0.25, -0.2) is 15.0 Å². The Morgan fingerprint density at radius 1 is 1.09 bits per heavy atom. The van der Waals surface area contributed by atoms with E-state index < -0.39 is 0 Å². The van der Waals surface area contributed by atoms with Gasteiger partial charge in [-0.15, -0.1) is 0 Å². The van der Waals surface area contributed by atoms with Crippen molar-refractivity contribution in [2.24, 2.45) is 4.99 Å². The molecule has 1 aromatic carbocycles. The molecule has 0 fully saturated rings. The van der Waals surface area contributed by atoms with E-state index in [0.29, 0.717) is 17.0 Å². The number of aromatic nitrogens is 3. The molecule has 0 bridgehead atoms. The summed E-state index contributed by atoms with van der Waals surface area (Å²) in [4.78, 5) is 18.3. The number of allylic oxidation sites excluding steroid dienone is 1. The van der Waals surface area contributed by atoms with Crippen molar-refractivity contribution in [1.29, 1.82) is 5.26 Å². The second kappa shape index (κ2) is 9.71. The summed E-state index contributed by atoms with van der Waals surface area (Å²) in [6.07, 6.45) is 7.67. The van der Waals surface area contributed by atoms with Crippen molar-refractivity contribution in [3.05, 3.63) is 82.0 Å². The van der Waals surface area contributed by atoms with Gasteiger partial charge >= 0.3 is 0 Å². The maximum atomic E-state index is 8.86. The number of pyridine rings is 1. The molecule has 3 heterocycles. The highest BCUT2D eigenvalue weighted by Crippen LogP contribution is 2.32. The molecule has 1 aliphatic rings. The van der Waals surface area contributed by atoms with E-state index in [4.69, 9.17) is 21.8 Å². The minimum Gasteiger partial charge on any atom is -0.370 e. The van der Waals surface area contributed by atoms with Crippen LogP contribution < -0.4 is 5.32 Å². The second-order valence-electron chi connectivity index (χ2n) is 7.83. The number of hydrogen-bond acceptors (Lipinski definition) is 6. The third-order valence-corrected chi connectivity index (χ3v) is 5.50. The van der Waals surface area contributed by atoms with Crippen LogP contribution in [-0.2, 0) is 6.42 Å². The number of aliphatic imine (C=N–C) groups is 1. The fraction of sp³-hybridized carbons (Fsp3) is 0.240. The molecule has 0 radical (unpaired) electrons. The zero-order chi connectivity index (χ0) is 22.5. The van der Waals surface area contributed by atoms with Crippen LogP contribution in [0, 0.1) is 18.3 Å². The summed E-state index contributed by atoms with van der Waals surface area (Å²) < 4.78 is 0. The summed E-state index contributed by atoms with van der Waals surface area (Å²) in [5, 5.41) is 12.8. The highest BCUT2D eigenvalue weighted by Gasteiger charge is 2.19. The van der Waals surface area contributed by atoms with Crippen LogP contribution in [0.1, 0.15) is 42.3 Å². The Labute approximate surface area is 192 Å². The average Bonchev–Trinajstić information content (AvgIpc) is 3.23. The van der Waals surface area contributed by atoms with Gasteiger partial charge in [0, 0.05) is 49.1 Å². The lowest BCUT2D eigenvalue weighted by Gasteiger charge is -2.13. The van der Waals surface area contributed by atoms with E-state index in [-0.39, 0.29) is 0 Å². The van der Waals surface area contributed by atoms with Crippen molar-refractivity contribution in [1.82, 2.24) is 15.0 Å². The Balaban J connectivity index is 1.51. The molecule has 0 saturated heterocycles. The quantitative estimate of drug-likeness (QED) is 0.487. The predicted molar refractivity (Wildman–Crippen MR) is 128 cm³/mol. The minimum absolute atomic E-state index is 0.545. The first-order chi connectivity index (χ1) is 15.5. The molecule has 0 amide bonds. The summed E-state index contributed by atoms with van der Waals surface area (Å²) in [5.74, 6) is 1.51. The Morgan fingerprint density at radius 2 is 1.97 bits per heavy atom. The van der Waals surface area contributed by atoms with Crippen molar-refractivity contribution in [2.45, 2.75) is 33.1 Å². The van der Waals surface area contributed by atoms with E-state index in [1.165, 1.54) is 5.57 Å². The van der Waals surface area contributed by atoms with Gasteiger partial charge in [-0.05, 0) is 49.6 Å². The van der Waals surface area contributed by atoms with Crippen LogP contribution in [0.3, 0.4) is 0 Å². The first-order valence-electron chi connectivity index (χ1n) is 10.5. The molecule has 4 rings (SSSR count). The molecular formula is C25H23ClN6. The van der Waals surface area contributed by atoms with Crippen LogP contribution >= 0.6 is 11.6 Å². The maximum Gasteiger partial charge on any atom is 0.129 e. The summed E-state index contributed by atoms with van der Waals surface area (Å²) in [6, 6.07) is 11.6. The number of hydrogen-bond donors (Lipinski definition) is 1. The van der Waals surface area contributed by atoms with Crippen molar-refractivity contribution >= 4 is 23.1 Å². The molecule has 0 atom stereocenters. The Hall–Kier alpha value is -3.56. The van der Waals surface area contributed by atoms with Crippen LogP contribution in [0.2, 0.25) is 5.02 Å². The van der Waals surface area contributed by atoms with E-state index in [9.17, 15) is 0 Å². The lowest BCUT2D eigenvalue weighted by atomic mass is 9.99. The van der Waals surface area contributed by atoms with Crippen LogP contribution in [0.5, 0.6) is 0 Å². The smallest absolute Gasteiger partial charge is 0.129 e. The van der Waals surface area contributed by atoms with E-state index in [2.05, 4.69) is 33.3 Å². The number of benzene rings is 1. The van der Waals surface area contributed by atoms with Gasteiger partial charge in [-0.2, -0.15) is 5.26 Å². The Kier molecular flexibility index (Phi) is 6.58. The molecule has 160 valence electrons. The normalized spacial score (nSPS) is 12.8. The first-order valence-corrected chi connectivity index (χ1v) is 10.9. The molecule has 1 aliphatic heterocycles. The number of nitriles is 1. The van der Waals surface area contributed by atoms with Gasteiger partial charge in [-0.3, -0.25) is 4.99 Å². The van der Waals surface area contributed by atoms with Gasteiger partial charge in [0.1, 0.15) is 17.7 Å². The number of anilines is 1. The lowest BCUT2D eigenvalue weighted by molar-refractivity contribution is 0.799. The van der Waals surface area contributed by atoms with Gasteiger partial charge in [0.05, 0.1) is 22.0 Å². The number of nitrogens with zero attached hydrogens (tertiary/aromatic N) is 5. The van der Waals surface area contributed by atoms with Crippen LogP contribution in [0.15, 0.2) is 59.5 Å². The van der Waals surface area contributed by atoms with E-state index >= 15 is 0 Å². The topological polar surface area (TPSA) is 86.9 Å². The molecule has 6 nitrogen and oxygen atoms in total. The predicted octanol–water partition coefficient (Wildman–Crippen LogP) is 5.51. The number of aryl methyl sites for hydroxylation is 2. The molecule has 0 unspecified atom stereocenters. The molecule has 0 saturated carbocycles. The van der Waals surface area contributed by atoms with Gasteiger partial charge in [-0.1, -0.05) is 23.7 Å². The first kappa shape index (κ1) is 21.7. The third-order valence-electron chi connectivity index (χ3n) is 5.19. The van der Waals surface area contributed by atoms with Gasteiger partial charge < -0.3 is 5.32 Å². The Bertz CT molecular complexity index is 1240. The SMILES string of the molecule is CC1=CN=C(c2cnc(CCCNc3ccc(C#N)cn3)nc2-c2ccc(C)cc2Cl)C1. The van der Waals surface area contributed by atoms with Crippen molar-refractivity contribution < 1.29 is 0 Å². The molecule has 32 heavy (non-hydrogen) atoms. The van der Waals surface area contributed by atoms with Gasteiger partial charge in [0.25, 0.3) is 0 Å². The summed E-state index contributed by atoms with van der Waals surface area (Å²) in [5.41, 5.74) is 6.47. The largest absolute Gasteiger partial charge is 0.370 e. The highest BCUT2D eigenvalue weighted by atomic mass is 35.5. The zero-order valence-electron chi connectivity index (χ0n) is 18.1. The Morgan fingerprint density at radius 3 is 2.66 bits per heavy atom. The van der Waals surface area contributed by atoms with Crippen molar-refractivity contribution in [2.75, 3.05) is 11.9 Å². The number of rotatable bonds is 7. The second-order valence-corrected chi connectivity index (χ2v) is 8.24. The highest BCUT2D eigenvalue weighted by molar-refractivity contribution is 6.33. The van der Waals surface area contributed by atoms with Crippen molar-refractivity contribution in [3.63, 3.8) is 0 Å². The van der Waals surface area contributed by atoms with Crippen LogP contribution in [0.4, 0.5) is 5.82 Å². The fourth-order valence-electron chi connectivity index (χ4n) is 3.50. The molecule has 3 aromatic rings. The van der Waals surface area contributed by atoms with Crippen LogP contribution in [-0.4, -0.2) is 27.2 Å². The third kappa shape index (κ3) is 5.01. The molecule has 2 aromatic heterocycles.